The van der Waals surface area contributed by atoms with E-state index in [-0.39, 0.29) is 17.9 Å². The zero-order chi connectivity index (χ0) is 13.7. The molecule has 102 valence electrons. The predicted octanol–water partition coefficient (Wildman–Crippen LogP) is 1.64. The summed E-state index contributed by atoms with van der Waals surface area (Å²) in [6.07, 6.45) is 1.99. The third kappa shape index (κ3) is 4.62. The molecule has 1 aliphatic carbocycles. The lowest BCUT2D eigenvalue weighted by molar-refractivity contribution is -0.122. The lowest BCUT2D eigenvalue weighted by atomic mass is 10.2. The molecule has 1 aliphatic rings. The molecule has 1 fully saturated rings. The molecule has 1 aromatic rings. The minimum atomic E-state index is -0.258. The van der Waals surface area contributed by atoms with E-state index in [1.54, 1.807) is 0 Å². The lowest BCUT2D eigenvalue weighted by Crippen LogP contribution is -2.37. The van der Waals surface area contributed by atoms with E-state index in [1.807, 2.05) is 31.2 Å². The smallest absolute Gasteiger partial charge is 0.319 e. The zero-order valence-corrected chi connectivity index (χ0v) is 11.0. The Kier molecular flexibility index (Phi) is 4.39. The topological polar surface area (TPSA) is 70.2 Å². The summed E-state index contributed by atoms with van der Waals surface area (Å²) in [7, 11) is 0. The van der Waals surface area contributed by atoms with Gasteiger partial charge in [-0.1, -0.05) is 12.1 Å². The van der Waals surface area contributed by atoms with Crippen LogP contribution in [0.15, 0.2) is 24.3 Å². The molecule has 3 N–H and O–H groups in total. The van der Waals surface area contributed by atoms with E-state index in [1.165, 1.54) is 0 Å². The summed E-state index contributed by atoms with van der Waals surface area (Å²) in [4.78, 5) is 22.9. The number of benzene rings is 1. The summed E-state index contributed by atoms with van der Waals surface area (Å²) < 4.78 is 0. The van der Waals surface area contributed by atoms with E-state index < -0.39 is 0 Å². The van der Waals surface area contributed by atoms with E-state index in [9.17, 15) is 9.59 Å². The van der Waals surface area contributed by atoms with Crippen LogP contribution >= 0.6 is 0 Å². The van der Waals surface area contributed by atoms with Gasteiger partial charge in [0.25, 0.3) is 0 Å². The molecular formula is C14H19N3O2. The van der Waals surface area contributed by atoms with Crippen LogP contribution in [-0.4, -0.2) is 25.0 Å². The largest absolute Gasteiger partial charge is 0.354 e. The second-order valence-corrected chi connectivity index (χ2v) is 4.82. The average molecular weight is 261 g/mol. The molecule has 0 atom stereocenters. The molecular weight excluding hydrogens is 242 g/mol. The average Bonchev–Trinajstić information content (AvgIpc) is 3.18. The first kappa shape index (κ1) is 13.4. The zero-order valence-electron chi connectivity index (χ0n) is 11.0. The summed E-state index contributed by atoms with van der Waals surface area (Å²) in [6.45, 7) is 2.86. The Morgan fingerprint density at radius 1 is 1.21 bits per heavy atom. The van der Waals surface area contributed by atoms with Crippen LogP contribution in [0, 0.1) is 12.8 Å². The number of amides is 3. The first-order chi connectivity index (χ1) is 9.15. The number of nitrogens with one attached hydrogen (secondary N) is 3. The van der Waals surface area contributed by atoms with Gasteiger partial charge in [-0.25, -0.2) is 4.79 Å². The molecule has 2 rings (SSSR count). The van der Waals surface area contributed by atoms with Crippen LogP contribution in [0.25, 0.3) is 0 Å². The van der Waals surface area contributed by atoms with Gasteiger partial charge in [0.1, 0.15) is 0 Å². The normalized spacial score (nSPS) is 13.7. The van der Waals surface area contributed by atoms with E-state index >= 15 is 0 Å². The Bertz CT molecular complexity index is 470. The Balaban J connectivity index is 1.62. The highest BCUT2D eigenvalue weighted by molar-refractivity contribution is 5.89. The molecule has 0 unspecified atom stereocenters. The molecule has 0 spiro atoms. The Morgan fingerprint density at radius 3 is 2.63 bits per heavy atom. The second-order valence-electron chi connectivity index (χ2n) is 4.82. The maximum Gasteiger partial charge on any atom is 0.319 e. The van der Waals surface area contributed by atoms with Crippen molar-refractivity contribution in [1.82, 2.24) is 10.6 Å². The highest BCUT2D eigenvalue weighted by atomic mass is 16.2. The number of urea groups is 1. The summed E-state index contributed by atoms with van der Waals surface area (Å²) in [5, 5.41) is 8.24. The fourth-order valence-electron chi connectivity index (χ4n) is 1.75. The van der Waals surface area contributed by atoms with Crippen LogP contribution in [0.1, 0.15) is 18.4 Å². The molecule has 1 saturated carbocycles. The van der Waals surface area contributed by atoms with E-state index in [0.717, 1.165) is 24.1 Å². The SMILES string of the molecule is Cc1cccc(NC(=O)NCCNC(=O)C2CC2)c1. The molecule has 0 aromatic heterocycles. The standard InChI is InChI=1S/C14H19N3O2/c1-10-3-2-4-12(9-10)17-14(19)16-8-7-15-13(18)11-5-6-11/h2-4,9,11H,5-8H2,1H3,(H,15,18)(H2,16,17,19). The molecule has 3 amide bonds. The maximum absolute atomic E-state index is 11.6. The molecule has 1 aromatic carbocycles. The molecule has 19 heavy (non-hydrogen) atoms. The Hall–Kier alpha value is -2.04. The molecule has 0 radical (unpaired) electrons. The number of carbonyl (C=O) groups is 2. The highest BCUT2D eigenvalue weighted by Crippen LogP contribution is 2.28. The maximum atomic E-state index is 11.6. The number of hydrogen-bond acceptors (Lipinski definition) is 2. The quantitative estimate of drug-likeness (QED) is 0.705. The van der Waals surface area contributed by atoms with Crippen molar-refractivity contribution in [3.8, 4) is 0 Å². The minimum Gasteiger partial charge on any atom is -0.354 e. The van der Waals surface area contributed by atoms with Crippen LogP contribution in [0.3, 0.4) is 0 Å². The van der Waals surface area contributed by atoms with E-state index in [4.69, 9.17) is 0 Å². The number of aryl methyl sites for hydroxylation is 1. The van der Waals surface area contributed by atoms with Crippen molar-refractivity contribution < 1.29 is 9.59 Å². The third-order valence-electron chi connectivity index (χ3n) is 2.93. The number of hydrogen-bond donors (Lipinski definition) is 3. The summed E-state index contributed by atoms with van der Waals surface area (Å²) in [5.74, 6) is 0.307. The Morgan fingerprint density at radius 2 is 1.95 bits per heavy atom. The molecule has 0 saturated heterocycles. The van der Waals surface area contributed by atoms with Crippen molar-refractivity contribution in [2.24, 2.45) is 5.92 Å². The van der Waals surface area contributed by atoms with E-state index in [0.29, 0.717) is 13.1 Å². The van der Waals surface area contributed by atoms with Crippen molar-refractivity contribution in [3.05, 3.63) is 29.8 Å². The molecule has 5 nitrogen and oxygen atoms in total. The number of rotatable bonds is 5. The van der Waals surface area contributed by atoms with Crippen molar-refractivity contribution in [1.29, 1.82) is 0 Å². The minimum absolute atomic E-state index is 0.0980. The summed E-state index contributed by atoms with van der Waals surface area (Å²) in [5.41, 5.74) is 1.86. The summed E-state index contributed by atoms with van der Waals surface area (Å²) in [6, 6.07) is 7.33. The molecule has 5 heteroatoms. The van der Waals surface area contributed by atoms with Crippen LogP contribution < -0.4 is 16.0 Å². The van der Waals surface area contributed by atoms with Gasteiger partial charge in [0.15, 0.2) is 0 Å². The monoisotopic (exact) mass is 261 g/mol. The second kappa shape index (κ2) is 6.22. The predicted molar refractivity (Wildman–Crippen MR) is 73.9 cm³/mol. The van der Waals surface area contributed by atoms with E-state index in [2.05, 4.69) is 16.0 Å². The number of carbonyl (C=O) groups excluding carboxylic acids is 2. The molecule has 0 bridgehead atoms. The van der Waals surface area contributed by atoms with Crippen molar-refractivity contribution in [3.63, 3.8) is 0 Å². The summed E-state index contributed by atoms with van der Waals surface area (Å²) >= 11 is 0. The Labute approximate surface area is 112 Å². The van der Waals surface area contributed by atoms with Gasteiger partial charge < -0.3 is 16.0 Å². The first-order valence-electron chi connectivity index (χ1n) is 6.54. The van der Waals surface area contributed by atoms with Crippen LogP contribution in [-0.2, 0) is 4.79 Å². The van der Waals surface area contributed by atoms with Gasteiger partial charge in [-0.3, -0.25) is 4.79 Å². The first-order valence-corrected chi connectivity index (χ1v) is 6.54. The fourth-order valence-corrected chi connectivity index (χ4v) is 1.75. The van der Waals surface area contributed by atoms with Gasteiger partial charge in [0.2, 0.25) is 5.91 Å². The lowest BCUT2D eigenvalue weighted by Gasteiger charge is -2.08. The van der Waals surface area contributed by atoms with Crippen LogP contribution in [0.4, 0.5) is 10.5 Å². The van der Waals surface area contributed by atoms with Crippen LogP contribution in [0.2, 0.25) is 0 Å². The molecule has 0 heterocycles. The highest BCUT2D eigenvalue weighted by Gasteiger charge is 2.28. The van der Waals surface area contributed by atoms with Gasteiger partial charge in [-0.2, -0.15) is 0 Å². The van der Waals surface area contributed by atoms with Crippen molar-refractivity contribution in [2.45, 2.75) is 19.8 Å². The number of anilines is 1. The third-order valence-corrected chi connectivity index (χ3v) is 2.93. The fraction of sp³-hybridized carbons (Fsp3) is 0.429. The van der Waals surface area contributed by atoms with Gasteiger partial charge in [-0.05, 0) is 37.5 Å². The van der Waals surface area contributed by atoms with Gasteiger partial charge >= 0.3 is 6.03 Å². The van der Waals surface area contributed by atoms with Crippen molar-refractivity contribution >= 4 is 17.6 Å². The van der Waals surface area contributed by atoms with Gasteiger partial charge in [0.05, 0.1) is 0 Å². The van der Waals surface area contributed by atoms with Gasteiger partial charge in [-0.15, -0.1) is 0 Å². The molecule has 0 aliphatic heterocycles. The van der Waals surface area contributed by atoms with Crippen LogP contribution in [0.5, 0.6) is 0 Å². The van der Waals surface area contributed by atoms with Crippen molar-refractivity contribution in [2.75, 3.05) is 18.4 Å². The van der Waals surface area contributed by atoms with Gasteiger partial charge in [0, 0.05) is 24.7 Å².